The lowest BCUT2D eigenvalue weighted by molar-refractivity contribution is -0.384. The van der Waals surface area contributed by atoms with E-state index in [2.05, 4.69) is 0 Å². The fourth-order valence-corrected chi connectivity index (χ4v) is 2.12. The molecular formula is C11H12N2O3. The van der Waals surface area contributed by atoms with Crippen LogP contribution in [-0.4, -0.2) is 17.9 Å². The van der Waals surface area contributed by atoms with Crippen LogP contribution in [0.1, 0.15) is 24.8 Å². The fourth-order valence-electron chi connectivity index (χ4n) is 2.12. The van der Waals surface area contributed by atoms with Gasteiger partial charge in [-0.3, -0.25) is 14.9 Å². The number of carbonyl (C=O) groups excluding carboxylic acids is 1. The Morgan fingerprint density at radius 1 is 1.50 bits per heavy atom. The van der Waals surface area contributed by atoms with Crippen molar-refractivity contribution in [1.82, 2.24) is 0 Å². The summed E-state index contributed by atoms with van der Waals surface area (Å²) in [5, 5.41) is 10.7. The van der Waals surface area contributed by atoms with Crippen molar-refractivity contribution in [3.63, 3.8) is 0 Å². The number of nitro benzene ring substituents is 1. The first-order valence-corrected chi connectivity index (χ1v) is 5.12. The van der Waals surface area contributed by atoms with E-state index in [4.69, 9.17) is 0 Å². The second kappa shape index (κ2) is 3.59. The van der Waals surface area contributed by atoms with Crippen LogP contribution in [0.2, 0.25) is 0 Å². The number of hydrogen-bond donors (Lipinski definition) is 0. The third-order valence-corrected chi connectivity index (χ3v) is 3.00. The van der Waals surface area contributed by atoms with E-state index >= 15 is 0 Å². The Morgan fingerprint density at radius 2 is 2.19 bits per heavy atom. The van der Waals surface area contributed by atoms with E-state index in [1.54, 1.807) is 18.0 Å². The maximum absolute atomic E-state index is 11.8. The number of likely N-dealkylation sites (N-methyl/N-ethyl adjacent to an activating group) is 1. The smallest absolute Gasteiger partial charge is 0.269 e. The minimum atomic E-state index is -0.435. The van der Waals surface area contributed by atoms with Crippen molar-refractivity contribution in [2.45, 2.75) is 19.3 Å². The molecule has 1 aliphatic heterocycles. The number of anilines is 1. The summed E-state index contributed by atoms with van der Waals surface area (Å²) in [5.41, 5.74) is 1.59. The highest BCUT2D eigenvalue weighted by Gasteiger charge is 2.34. The Labute approximate surface area is 92.8 Å². The van der Waals surface area contributed by atoms with Crippen LogP contribution in [0, 0.1) is 10.1 Å². The summed E-state index contributed by atoms with van der Waals surface area (Å²) in [7, 11) is 1.70. The van der Waals surface area contributed by atoms with Gasteiger partial charge >= 0.3 is 0 Å². The van der Waals surface area contributed by atoms with E-state index in [1.165, 1.54) is 12.1 Å². The number of hydrogen-bond acceptors (Lipinski definition) is 3. The topological polar surface area (TPSA) is 63.5 Å². The fraction of sp³-hybridized carbons (Fsp3) is 0.364. The van der Waals surface area contributed by atoms with E-state index in [-0.39, 0.29) is 17.5 Å². The highest BCUT2D eigenvalue weighted by molar-refractivity contribution is 6.04. The molecule has 0 aliphatic carbocycles. The van der Waals surface area contributed by atoms with Crippen LogP contribution in [0.4, 0.5) is 11.4 Å². The minimum Gasteiger partial charge on any atom is -0.315 e. The van der Waals surface area contributed by atoms with Crippen LogP contribution in [-0.2, 0) is 4.79 Å². The van der Waals surface area contributed by atoms with Crippen molar-refractivity contribution in [1.29, 1.82) is 0 Å². The van der Waals surface area contributed by atoms with Gasteiger partial charge in [0.1, 0.15) is 0 Å². The summed E-state index contributed by atoms with van der Waals surface area (Å²) < 4.78 is 0. The van der Waals surface area contributed by atoms with Crippen LogP contribution >= 0.6 is 0 Å². The van der Waals surface area contributed by atoms with Gasteiger partial charge in [-0.25, -0.2) is 0 Å². The predicted octanol–water partition coefficient (Wildman–Crippen LogP) is 2.06. The van der Waals surface area contributed by atoms with E-state index in [0.29, 0.717) is 6.42 Å². The zero-order valence-electron chi connectivity index (χ0n) is 9.14. The molecule has 0 saturated heterocycles. The van der Waals surface area contributed by atoms with E-state index < -0.39 is 4.92 Å². The number of non-ortho nitro benzene ring substituents is 1. The SMILES string of the molecule is CCC1C(=O)N(C)c2ccc([N+](=O)[O-])cc21. The van der Waals surface area contributed by atoms with Gasteiger partial charge in [-0.1, -0.05) is 6.92 Å². The van der Waals surface area contributed by atoms with E-state index in [0.717, 1.165) is 11.3 Å². The van der Waals surface area contributed by atoms with Crippen molar-refractivity contribution >= 4 is 17.3 Å². The van der Waals surface area contributed by atoms with Crippen molar-refractivity contribution in [3.8, 4) is 0 Å². The molecule has 0 N–H and O–H groups in total. The third kappa shape index (κ3) is 1.36. The van der Waals surface area contributed by atoms with Gasteiger partial charge in [-0.15, -0.1) is 0 Å². The van der Waals surface area contributed by atoms with Crippen LogP contribution in [0.5, 0.6) is 0 Å². The standard InChI is InChI=1S/C11H12N2O3/c1-3-8-9-6-7(13(15)16)4-5-10(9)12(2)11(8)14/h4-6,8H,3H2,1-2H3. The summed E-state index contributed by atoms with van der Waals surface area (Å²) in [4.78, 5) is 23.6. The monoisotopic (exact) mass is 220 g/mol. The first-order chi connectivity index (χ1) is 7.56. The van der Waals surface area contributed by atoms with Crippen LogP contribution < -0.4 is 4.90 Å². The molecule has 1 aromatic rings. The van der Waals surface area contributed by atoms with Gasteiger partial charge in [-0.2, -0.15) is 0 Å². The van der Waals surface area contributed by atoms with Crippen molar-refractivity contribution in [2.24, 2.45) is 0 Å². The van der Waals surface area contributed by atoms with Crippen LogP contribution in [0.3, 0.4) is 0 Å². The molecule has 5 heteroatoms. The molecule has 0 aromatic heterocycles. The summed E-state index contributed by atoms with van der Waals surface area (Å²) >= 11 is 0. The Bertz CT molecular complexity index is 470. The third-order valence-electron chi connectivity index (χ3n) is 3.00. The summed E-state index contributed by atoms with van der Waals surface area (Å²) in [6, 6.07) is 4.58. The molecule has 0 saturated carbocycles. The molecular weight excluding hydrogens is 208 g/mol. The highest BCUT2D eigenvalue weighted by Crippen LogP contribution is 2.39. The summed E-state index contributed by atoms with van der Waals surface area (Å²) in [5.74, 6) is -0.224. The van der Waals surface area contributed by atoms with E-state index in [9.17, 15) is 14.9 Å². The molecule has 1 heterocycles. The average Bonchev–Trinajstić information content (AvgIpc) is 2.51. The molecule has 1 aliphatic rings. The maximum Gasteiger partial charge on any atom is 0.269 e. The van der Waals surface area contributed by atoms with Gasteiger partial charge in [0.2, 0.25) is 5.91 Å². The molecule has 1 aromatic carbocycles. The largest absolute Gasteiger partial charge is 0.315 e. The highest BCUT2D eigenvalue weighted by atomic mass is 16.6. The molecule has 16 heavy (non-hydrogen) atoms. The number of nitro groups is 1. The minimum absolute atomic E-state index is 0.0120. The Morgan fingerprint density at radius 3 is 2.75 bits per heavy atom. The Hall–Kier alpha value is -1.91. The first-order valence-electron chi connectivity index (χ1n) is 5.12. The second-order valence-corrected chi connectivity index (χ2v) is 3.86. The van der Waals surface area contributed by atoms with Gasteiger partial charge in [0.05, 0.1) is 10.8 Å². The van der Waals surface area contributed by atoms with Crippen molar-refractivity contribution in [3.05, 3.63) is 33.9 Å². The summed E-state index contributed by atoms with van der Waals surface area (Å²) in [6.45, 7) is 1.91. The quantitative estimate of drug-likeness (QED) is 0.566. The number of rotatable bonds is 2. The van der Waals surface area contributed by atoms with E-state index in [1.807, 2.05) is 6.92 Å². The molecule has 0 bridgehead atoms. The Balaban J connectivity index is 2.55. The molecule has 1 amide bonds. The molecule has 2 rings (SSSR count). The number of benzene rings is 1. The van der Waals surface area contributed by atoms with Gasteiger partial charge in [0.15, 0.2) is 0 Å². The zero-order chi connectivity index (χ0) is 11.9. The molecule has 0 fully saturated rings. The normalized spacial score (nSPS) is 18.8. The number of carbonyl (C=O) groups is 1. The Kier molecular flexibility index (Phi) is 2.38. The van der Waals surface area contributed by atoms with Gasteiger partial charge in [-0.05, 0) is 18.1 Å². The van der Waals surface area contributed by atoms with Crippen LogP contribution in [0.25, 0.3) is 0 Å². The van der Waals surface area contributed by atoms with Crippen molar-refractivity contribution in [2.75, 3.05) is 11.9 Å². The number of fused-ring (bicyclic) bond motifs is 1. The molecule has 1 unspecified atom stereocenters. The maximum atomic E-state index is 11.8. The molecule has 5 nitrogen and oxygen atoms in total. The van der Waals surface area contributed by atoms with Gasteiger partial charge in [0, 0.05) is 24.9 Å². The average molecular weight is 220 g/mol. The number of amides is 1. The molecule has 1 atom stereocenters. The summed E-state index contributed by atoms with van der Waals surface area (Å²) in [6.07, 6.45) is 0.664. The lowest BCUT2D eigenvalue weighted by atomic mass is 9.98. The van der Waals surface area contributed by atoms with Gasteiger partial charge in [0.25, 0.3) is 5.69 Å². The first kappa shape index (κ1) is 10.6. The molecule has 0 spiro atoms. The molecule has 84 valence electrons. The van der Waals surface area contributed by atoms with Crippen LogP contribution in [0.15, 0.2) is 18.2 Å². The number of nitrogens with zero attached hydrogens (tertiary/aromatic N) is 2. The molecule has 0 radical (unpaired) electrons. The predicted molar refractivity (Wildman–Crippen MR) is 59.5 cm³/mol. The van der Waals surface area contributed by atoms with Gasteiger partial charge < -0.3 is 4.90 Å². The second-order valence-electron chi connectivity index (χ2n) is 3.86. The lowest BCUT2D eigenvalue weighted by Gasteiger charge is -2.09. The zero-order valence-corrected chi connectivity index (χ0v) is 9.14. The lowest BCUT2D eigenvalue weighted by Crippen LogP contribution is -2.23. The van der Waals surface area contributed by atoms with Crippen molar-refractivity contribution < 1.29 is 9.72 Å².